The second kappa shape index (κ2) is 6.98. The summed E-state index contributed by atoms with van der Waals surface area (Å²) in [7, 11) is 0. The average molecular weight is 370 g/mol. The fraction of sp³-hybridized carbons (Fsp3) is 0.125. The summed E-state index contributed by atoms with van der Waals surface area (Å²) in [4.78, 5) is 13.0. The maximum atomic E-state index is 13.0. The lowest BCUT2D eigenvalue weighted by atomic mass is 10.0. The molecular formula is C24H18O4. The van der Waals surface area contributed by atoms with Crippen molar-refractivity contribution in [3.63, 3.8) is 0 Å². The molecule has 5 rings (SSSR count). The lowest BCUT2D eigenvalue weighted by Crippen LogP contribution is -2.10. The summed E-state index contributed by atoms with van der Waals surface area (Å²) in [5.74, 6) is 1.16. The van der Waals surface area contributed by atoms with Gasteiger partial charge in [-0.2, -0.15) is 0 Å². The fourth-order valence-corrected chi connectivity index (χ4v) is 3.36. The van der Waals surface area contributed by atoms with Crippen LogP contribution in [0.3, 0.4) is 0 Å². The number of carbonyl (C=O) groups is 1. The molecule has 2 atom stereocenters. The highest BCUT2D eigenvalue weighted by atomic mass is 16.6. The van der Waals surface area contributed by atoms with E-state index in [-0.39, 0.29) is 11.9 Å². The van der Waals surface area contributed by atoms with Crippen molar-refractivity contribution < 1.29 is 18.7 Å². The van der Waals surface area contributed by atoms with Crippen molar-refractivity contribution in [2.24, 2.45) is 0 Å². The topological polar surface area (TPSA) is 52.0 Å². The predicted molar refractivity (Wildman–Crippen MR) is 105 cm³/mol. The van der Waals surface area contributed by atoms with Gasteiger partial charge in [-0.05, 0) is 29.8 Å². The van der Waals surface area contributed by atoms with Gasteiger partial charge in [0.05, 0.1) is 5.56 Å². The smallest absolute Gasteiger partial charge is 0.198 e. The van der Waals surface area contributed by atoms with E-state index in [0.717, 1.165) is 16.5 Å². The Labute approximate surface area is 162 Å². The van der Waals surface area contributed by atoms with Crippen LogP contribution in [0, 0.1) is 0 Å². The van der Waals surface area contributed by atoms with Gasteiger partial charge in [0, 0.05) is 5.39 Å². The van der Waals surface area contributed by atoms with E-state index >= 15 is 0 Å². The van der Waals surface area contributed by atoms with Gasteiger partial charge in [-0.1, -0.05) is 60.7 Å². The first kappa shape index (κ1) is 16.8. The van der Waals surface area contributed by atoms with Gasteiger partial charge >= 0.3 is 0 Å². The standard InChI is InChI=1S/C24H18O4/c25-22(24-23(28-24)21-14-17-10-4-6-12-19(17)27-21)18-11-5-7-13-20(18)26-15-16-8-2-1-3-9-16/h1-14,23-24H,15H2/t23-,24+/m0/s1. The van der Waals surface area contributed by atoms with Crippen LogP contribution < -0.4 is 4.74 Å². The van der Waals surface area contributed by atoms with Crippen LogP contribution in [0.4, 0.5) is 0 Å². The number of furan rings is 1. The summed E-state index contributed by atoms with van der Waals surface area (Å²) in [6.07, 6.45) is -0.885. The molecule has 1 saturated heterocycles. The van der Waals surface area contributed by atoms with E-state index in [1.807, 2.05) is 78.9 Å². The molecule has 0 radical (unpaired) electrons. The highest BCUT2D eigenvalue weighted by Crippen LogP contribution is 2.43. The van der Waals surface area contributed by atoms with Crippen molar-refractivity contribution in [1.82, 2.24) is 0 Å². The molecule has 4 nitrogen and oxygen atoms in total. The van der Waals surface area contributed by atoms with E-state index in [0.29, 0.717) is 23.7 Å². The highest BCUT2D eigenvalue weighted by Gasteiger charge is 2.49. The zero-order chi connectivity index (χ0) is 18.9. The van der Waals surface area contributed by atoms with Crippen LogP contribution >= 0.6 is 0 Å². The number of para-hydroxylation sites is 2. The monoisotopic (exact) mass is 370 g/mol. The van der Waals surface area contributed by atoms with E-state index in [4.69, 9.17) is 13.9 Å². The number of rotatable bonds is 6. The molecule has 4 heteroatoms. The number of epoxide rings is 1. The number of carbonyl (C=O) groups excluding carboxylic acids is 1. The molecule has 4 aromatic rings. The fourth-order valence-electron chi connectivity index (χ4n) is 3.36. The molecule has 1 aliphatic rings. The number of Topliss-reactive ketones (excluding diaryl/α,β-unsaturated/α-hetero) is 1. The van der Waals surface area contributed by atoms with Gasteiger partial charge < -0.3 is 13.9 Å². The van der Waals surface area contributed by atoms with Crippen molar-refractivity contribution in [2.75, 3.05) is 0 Å². The van der Waals surface area contributed by atoms with Gasteiger partial charge in [0.15, 0.2) is 11.9 Å². The first-order valence-corrected chi connectivity index (χ1v) is 9.23. The Morgan fingerprint density at radius 1 is 0.893 bits per heavy atom. The van der Waals surface area contributed by atoms with Crippen LogP contribution in [-0.2, 0) is 11.3 Å². The van der Waals surface area contributed by atoms with Gasteiger partial charge in [0.2, 0.25) is 0 Å². The van der Waals surface area contributed by atoms with Crippen LogP contribution in [0.25, 0.3) is 11.0 Å². The minimum absolute atomic E-state index is 0.0888. The van der Waals surface area contributed by atoms with Gasteiger partial charge in [0.1, 0.15) is 29.8 Å². The molecular weight excluding hydrogens is 352 g/mol. The Balaban J connectivity index is 1.33. The number of ether oxygens (including phenoxy) is 2. The van der Waals surface area contributed by atoms with Crippen molar-refractivity contribution in [3.05, 3.63) is 102 Å². The molecule has 1 aliphatic heterocycles. The van der Waals surface area contributed by atoms with Crippen molar-refractivity contribution in [2.45, 2.75) is 18.8 Å². The predicted octanol–water partition coefficient (Wildman–Crippen LogP) is 5.33. The Morgan fingerprint density at radius 3 is 2.50 bits per heavy atom. The van der Waals surface area contributed by atoms with E-state index < -0.39 is 6.10 Å². The molecule has 0 bridgehead atoms. The molecule has 0 saturated carbocycles. The summed E-state index contributed by atoms with van der Waals surface area (Å²) in [5.41, 5.74) is 2.38. The molecule has 0 aliphatic carbocycles. The molecule has 28 heavy (non-hydrogen) atoms. The normalized spacial score (nSPS) is 18.1. The lowest BCUT2D eigenvalue weighted by molar-refractivity contribution is 0.0949. The average Bonchev–Trinajstić information content (AvgIpc) is 3.44. The van der Waals surface area contributed by atoms with Crippen LogP contribution in [0.2, 0.25) is 0 Å². The van der Waals surface area contributed by atoms with Crippen LogP contribution in [0.15, 0.2) is 89.3 Å². The van der Waals surface area contributed by atoms with Crippen LogP contribution in [-0.4, -0.2) is 11.9 Å². The second-order valence-electron chi connectivity index (χ2n) is 6.80. The highest BCUT2D eigenvalue weighted by molar-refractivity contribution is 6.03. The first-order valence-electron chi connectivity index (χ1n) is 9.23. The number of hydrogen-bond donors (Lipinski definition) is 0. The molecule has 0 N–H and O–H groups in total. The zero-order valence-electron chi connectivity index (χ0n) is 15.1. The van der Waals surface area contributed by atoms with E-state index in [9.17, 15) is 4.79 Å². The summed E-state index contributed by atoms with van der Waals surface area (Å²) in [6, 6.07) is 26.9. The van der Waals surface area contributed by atoms with Gasteiger partial charge in [-0.25, -0.2) is 0 Å². The maximum Gasteiger partial charge on any atom is 0.198 e. The van der Waals surface area contributed by atoms with E-state index in [1.54, 1.807) is 6.07 Å². The van der Waals surface area contributed by atoms with Gasteiger partial charge in [-0.3, -0.25) is 4.79 Å². The Bertz CT molecular complexity index is 1100. The number of benzene rings is 3. The number of fused-ring (bicyclic) bond motifs is 1. The molecule has 1 fully saturated rings. The Hall–Kier alpha value is -3.37. The first-order chi connectivity index (χ1) is 13.8. The van der Waals surface area contributed by atoms with Crippen LogP contribution in [0.1, 0.15) is 27.8 Å². The summed E-state index contributed by atoms with van der Waals surface area (Å²) < 4.78 is 17.4. The van der Waals surface area contributed by atoms with E-state index in [1.165, 1.54) is 0 Å². The Kier molecular flexibility index (Phi) is 4.18. The largest absolute Gasteiger partial charge is 0.488 e. The number of hydrogen-bond acceptors (Lipinski definition) is 4. The maximum absolute atomic E-state index is 13.0. The second-order valence-corrected chi connectivity index (χ2v) is 6.80. The van der Waals surface area contributed by atoms with Gasteiger partial charge in [0.25, 0.3) is 0 Å². The summed E-state index contributed by atoms with van der Waals surface area (Å²) >= 11 is 0. The molecule has 138 valence electrons. The molecule has 1 aromatic heterocycles. The molecule has 0 unspecified atom stereocenters. The number of ketones is 1. The molecule has 2 heterocycles. The Morgan fingerprint density at radius 2 is 1.64 bits per heavy atom. The van der Waals surface area contributed by atoms with E-state index in [2.05, 4.69) is 0 Å². The third kappa shape index (κ3) is 3.19. The molecule has 0 spiro atoms. The zero-order valence-corrected chi connectivity index (χ0v) is 15.1. The third-order valence-corrected chi connectivity index (χ3v) is 4.86. The van der Waals surface area contributed by atoms with Crippen molar-refractivity contribution >= 4 is 16.8 Å². The van der Waals surface area contributed by atoms with Crippen molar-refractivity contribution in [3.8, 4) is 5.75 Å². The van der Waals surface area contributed by atoms with Crippen LogP contribution in [0.5, 0.6) is 5.75 Å². The minimum atomic E-state index is -0.540. The molecule has 3 aromatic carbocycles. The summed E-state index contributed by atoms with van der Waals surface area (Å²) in [6.45, 7) is 0.406. The quantitative estimate of drug-likeness (QED) is 0.340. The lowest BCUT2D eigenvalue weighted by Gasteiger charge is -2.10. The SMILES string of the molecule is O=C(c1ccccc1OCc1ccccc1)[C@H]1O[C@H]1c1cc2ccccc2o1. The summed E-state index contributed by atoms with van der Waals surface area (Å²) in [5, 5.41) is 1.01. The minimum Gasteiger partial charge on any atom is -0.488 e. The van der Waals surface area contributed by atoms with Gasteiger partial charge in [-0.15, -0.1) is 0 Å². The third-order valence-electron chi connectivity index (χ3n) is 4.86. The molecule has 0 amide bonds. The van der Waals surface area contributed by atoms with Crippen molar-refractivity contribution in [1.29, 1.82) is 0 Å².